The van der Waals surface area contributed by atoms with Gasteiger partial charge in [0.15, 0.2) is 0 Å². The molecule has 0 amide bonds. The number of nitrogens with zero attached hydrogens (tertiary/aromatic N) is 4. The number of pyridine rings is 4. The smallest absolute Gasteiger partial charge is 0.128 e. The van der Waals surface area contributed by atoms with E-state index < -0.39 is 57.9 Å². The Kier molecular flexibility index (Phi) is 19.1. The van der Waals surface area contributed by atoms with Crippen LogP contribution in [-0.2, 0) is 46.6 Å². The van der Waals surface area contributed by atoms with Gasteiger partial charge in [0.1, 0.15) is 11.2 Å². The maximum absolute atomic E-state index is 9.57. The molecule has 0 N–H and O–H groups in total. The monoisotopic (exact) mass is 1910 g/mol. The fraction of sp³-hybridized carbons (Fsp3) is 0.303. The van der Waals surface area contributed by atoms with Crippen LogP contribution in [0.1, 0.15) is 223 Å². The van der Waals surface area contributed by atoms with Crippen LogP contribution < -0.4 is 0 Å². The van der Waals surface area contributed by atoms with Crippen LogP contribution in [0.4, 0.5) is 0 Å². The standard InChI is InChI=1S/2C33H32NO.C23H24N.C20H18N.2Ir/c2*1-22-21-34-30(20-29(22)24-14-18-33(19-15-24)16-5-2-6-17-33)28-11-7-10-26-27-13-12-23-8-3-4-9-25(23)31(27)35-32(26)28;1-17-10-12-20(14-21(17)19-8-6-5-7-9-19)22-13-11-18(16-24-22)15-23(2,3)4;1-14-9-10-18(20-11-15(2)16(3)13-21-20)12-19(14)17-7-5-4-6-8-17;;/h2*3-4,7-10,12-13,20-21,24H,2,5-6,14-19H2,1H3;5-11,13-14,16H,15H2,1-4H3;4-9,11-13H,1-3H3;;/q4*-1;;/i2*1D3,24D;1D3,15D2;1D3,3D2;;. The average Bonchev–Trinajstić information content (AvgIpc) is 1.59. The number of fused-ring (bicyclic) bond motifs is 10. The largest absolute Gasteiger partial charge is 0.500 e. The fourth-order valence-corrected chi connectivity index (χ4v) is 18.2. The Morgan fingerprint density at radius 3 is 1.26 bits per heavy atom. The van der Waals surface area contributed by atoms with Crippen LogP contribution in [0.25, 0.3) is 133 Å². The summed E-state index contributed by atoms with van der Waals surface area (Å²) in [4.78, 5) is 18.1. The normalized spacial score (nSPS) is 19.6. The Hall–Kier alpha value is -9.78. The summed E-state index contributed by atoms with van der Waals surface area (Å²) in [6, 6.07) is 79.6. The molecule has 4 aliphatic carbocycles. The molecule has 0 atom stereocenters. The van der Waals surface area contributed by atoms with Crippen molar-refractivity contribution >= 4 is 65.4 Å². The van der Waals surface area contributed by atoms with Crippen LogP contribution in [0.2, 0.25) is 0 Å². The second-order valence-corrected chi connectivity index (χ2v) is 33.1. The number of benzene rings is 10. The number of hydrogen-bond acceptors (Lipinski definition) is 6. The Morgan fingerprint density at radius 2 is 0.829 bits per heavy atom. The van der Waals surface area contributed by atoms with Gasteiger partial charge in [-0.1, -0.05) is 275 Å². The van der Waals surface area contributed by atoms with Gasteiger partial charge in [-0.05, 0) is 217 Å². The number of rotatable bonds is 9. The Morgan fingerprint density at radius 1 is 0.402 bits per heavy atom. The molecule has 6 aromatic heterocycles. The van der Waals surface area contributed by atoms with Gasteiger partial charge in [0.2, 0.25) is 0 Å². The number of aryl methyl sites for hydroxylation is 6. The third kappa shape index (κ3) is 17.9. The molecular weight excluding hydrogens is 1780 g/mol. The van der Waals surface area contributed by atoms with Gasteiger partial charge in [0.25, 0.3) is 0 Å². The SMILES string of the molecule is [2H]C([2H])([2H])c1c[c-]c(-c2ccc(C([2H])([2H])C(C)(C)C)cn2)cc1-c1ccccc1.[2H]C([2H])([2H])c1cnc(-c2[c-]ccc3c2oc2c4ccccc4ccc32)cc1C1([2H])CCC2(CCCCC2)CC1.[2H]C([2H])([2H])c1cnc(-c2[c-]ccc3c2oc2c4ccccc4ccc32)cc1C1([2H])CCC2(CCCCC2)CC1.[2H]C([2H])c1cnc(-c2[c-]cc(C([2H])([2H])[2H])c(-c3ccccc3)c2)cc1C.[Ir].[Ir]. The van der Waals surface area contributed by atoms with Crippen molar-refractivity contribution < 1.29 is 73.7 Å². The maximum Gasteiger partial charge on any atom is 0.128 e. The van der Waals surface area contributed by atoms with Crippen molar-refractivity contribution in [3.05, 3.63) is 311 Å². The van der Waals surface area contributed by atoms with Gasteiger partial charge < -0.3 is 28.8 Å². The van der Waals surface area contributed by atoms with Crippen LogP contribution >= 0.6 is 0 Å². The molecule has 0 saturated heterocycles. The summed E-state index contributed by atoms with van der Waals surface area (Å²) in [5.74, 6) is -1.88. The minimum absolute atomic E-state index is 0. The molecule has 2 spiro atoms. The Balaban J connectivity index is 0.000000138. The van der Waals surface area contributed by atoms with E-state index in [-0.39, 0.29) is 62.5 Å². The van der Waals surface area contributed by atoms with Gasteiger partial charge in [-0.15, -0.1) is 95.1 Å². The Bertz CT molecular complexity index is 6700. The summed E-state index contributed by atoms with van der Waals surface area (Å²) in [7, 11) is 0. The van der Waals surface area contributed by atoms with Gasteiger partial charge in [-0.2, -0.15) is 0 Å². The van der Waals surface area contributed by atoms with Crippen molar-refractivity contribution in [3.8, 4) is 67.3 Å². The van der Waals surface area contributed by atoms with E-state index in [1.54, 1.807) is 36.5 Å². The second-order valence-electron chi connectivity index (χ2n) is 33.1. The molecule has 4 fully saturated rings. The van der Waals surface area contributed by atoms with Crippen LogP contribution in [0.5, 0.6) is 0 Å². The van der Waals surface area contributed by atoms with E-state index >= 15 is 0 Å². The molecule has 0 aliphatic heterocycles. The predicted molar refractivity (Wildman–Crippen MR) is 480 cm³/mol. The first kappa shape index (κ1) is 62.4. The van der Waals surface area contributed by atoms with Crippen molar-refractivity contribution in [3.63, 3.8) is 0 Å². The van der Waals surface area contributed by atoms with Crippen molar-refractivity contribution in [1.82, 2.24) is 19.9 Å². The molecule has 2 radical (unpaired) electrons. The van der Waals surface area contributed by atoms with Crippen LogP contribution in [0, 0.1) is 81.7 Å². The molecule has 20 rings (SSSR count). The number of aromatic nitrogens is 4. The van der Waals surface area contributed by atoms with Crippen LogP contribution in [-0.4, -0.2) is 19.9 Å². The summed E-state index contributed by atoms with van der Waals surface area (Å²) < 4.78 is 160. The van der Waals surface area contributed by atoms with E-state index in [1.165, 1.54) is 94.9 Å². The summed E-state index contributed by atoms with van der Waals surface area (Å²) in [6.45, 7) is -2.83. The molecular formula is C109H106Ir2N4O2-4. The molecule has 596 valence electrons. The number of hydrogen-bond donors (Lipinski definition) is 0. The molecule has 10 aromatic carbocycles. The van der Waals surface area contributed by atoms with Crippen molar-refractivity contribution in [2.75, 3.05) is 0 Å². The first-order chi connectivity index (χ1) is 63.2. The minimum atomic E-state index is -2.33. The first-order valence-electron chi connectivity index (χ1n) is 49.9. The van der Waals surface area contributed by atoms with Gasteiger partial charge in [-0.25, -0.2) is 0 Å². The quantitative estimate of drug-likeness (QED) is 0.134. The van der Waals surface area contributed by atoms with Gasteiger partial charge >= 0.3 is 0 Å². The first-order valence-corrected chi connectivity index (χ1v) is 40.8. The predicted octanol–water partition coefficient (Wildman–Crippen LogP) is 30.3. The molecule has 16 aromatic rings. The van der Waals surface area contributed by atoms with E-state index in [0.717, 1.165) is 96.6 Å². The topological polar surface area (TPSA) is 77.8 Å². The fourth-order valence-electron chi connectivity index (χ4n) is 18.2. The molecule has 0 bridgehead atoms. The van der Waals surface area contributed by atoms with Gasteiger partial charge in [-0.3, -0.25) is 0 Å². The zero-order valence-corrected chi connectivity index (χ0v) is 71.4. The molecule has 6 heterocycles. The zero-order chi connectivity index (χ0) is 94.0. The van der Waals surface area contributed by atoms with E-state index in [2.05, 4.69) is 92.7 Å². The van der Waals surface area contributed by atoms with E-state index in [0.29, 0.717) is 126 Å². The molecule has 0 unspecified atom stereocenters. The van der Waals surface area contributed by atoms with E-state index in [4.69, 9.17) is 30.8 Å². The summed E-state index contributed by atoms with van der Waals surface area (Å²) >= 11 is 0. The van der Waals surface area contributed by atoms with Crippen molar-refractivity contribution in [2.45, 2.75) is 196 Å². The summed E-state index contributed by atoms with van der Waals surface area (Å²) in [5.41, 5.74) is 15.2. The third-order valence-corrected chi connectivity index (χ3v) is 24.4. The van der Waals surface area contributed by atoms with Gasteiger partial charge in [0.05, 0.1) is 11.2 Å². The third-order valence-electron chi connectivity index (χ3n) is 24.4. The molecule has 4 aliphatic rings. The molecule has 6 nitrogen and oxygen atoms in total. The van der Waals surface area contributed by atoms with Gasteiger partial charge in [0, 0.05) is 111 Å². The summed E-state index contributed by atoms with van der Waals surface area (Å²) in [6.07, 6.45) is 23.9. The van der Waals surface area contributed by atoms with Crippen LogP contribution in [0.3, 0.4) is 0 Å². The van der Waals surface area contributed by atoms with Crippen molar-refractivity contribution in [2.24, 2.45) is 16.2 Å². The summed E-state index contributed by atoms with van der Waals surface area (Å²) in [5, 5.41) is 8.33. The molecule has 4 saturated carbocycles. The van der Waals surface area contributed by atoms with Crippen molar-refractivity contribution in [1.29, 1.82) is 0 Å². The van der Waals surface area contributed by atoms with E-state index in [9.17, 15) is 2.74 Å². The van der Waals surface area contributed by atoms with Crippen LogP contribution in [0.15, 0.2) is 246 Å². The average molecular weight is 1910 g/mol. The maximum atomic E-state index is 9.57. The molecule has 117 heavy (non-hydrogen) atoms. The molecule has 8 heteroatoms. The zero-order valence-electron chi connectivity index (χ0n) is 84.6. The number of furan rings is 2. The Labute approximate surface area is 745 Å². The second kappa shape index (κ2) is 35.8. The van der Waals surface area contributed by atoms with E-state index in [1.807, 2.05) is 149 Å². The minimum Gasteiger partial charge on any atom is -0.500 e.